The van der Waals surface area contributed by atoms with Crippen LogP contribution in [0.2, 0.25) is 0 Å². The number of imidazole rings is 1. The number of alkyl halides is 3. The average Bonchev–Trinajstić information content (AvgIpc) is 3.57. The molecule has 0 amide bonds. The van der Waals surface area contributed by atoms with Crippen LogP contribution in [0.15, 0.2) is 53.4 Å². The maximum atomic E-state index is 12.7. The van der Waals surface area contributed by atoms with E-state index in [1.807, 2.05) is 37.6 Å². The van der Waals surface area contributed by atoms with Crippen LogP contribution in [0.4, 0.5) is 13.2 Å². The second kappa shape index (κ2) is 12.2. The van der Waals surface area contributed by atoms with E-state index >= 15 is 0 Å². The highest BCUT2D eigenvalue weighted by molar-refractivity contribution is 5.66. The van der Waals surface area contributed by atoms with Crippen LogP contribution in [0, 0.1) is 20.8 Å². The largest absolute Gasteiger partial charge is 0.493 e. The van der Waals surface area contributed by atoms with Crippen LogP contribution >= 0.6 is 0 Å². The van der Waals surface area contributed by atoms with Gasteiger partial charge in [-0.25, -0.2) is 9.97 Å². The predicted octanol–water partition coefficient (Wildman–Crippen LogP) is 6.53. The summed E-state index contributed by atoms with van der Waals surface area (Å²) < 4.78 is 57.6. The molecule has 39 heavy (non-hydrogen) atoms. The molecule has 2 aromatic heterocycles. The van der Waals surface area contributed by atoms with Gasteiger partial charge in [-0.2, -0.15) is 13.2 Å². The first-order valence-electron chi connectivity index (χ1n) is 12.4. The van der Waals surface area contributed by atoms with Gasteiger partial charge in [-0.1, -0.05) is 12.1 Å². The maximum absolute atomic E-state index is 12.7. The number of aliphatic hydroxyl groups excluding tert-OH is 1. The molecule has 0 unspecified atom stereocenters. The molecule has 0 aliphatic carbocycles. The third-order valence-corrected chi connectivity index (χ3v) is 6.31. The molecule has 0 saturated heterocycles. The van der Waals surface area contributed by atoms with E-state index in [1.54, 1.807) is 18.3 Å². The number of nitrogens with zero attached hydrogens (tertiary/aromatic N) is 3. The Morgan fingerprint density at radius 2 is 1.82 bits per heavy atom. The average molecular weight is 542 g/mol. The Bertz CT molecular complexity index is 1420. The molecule has 0 fully saturated rings. The van der Waals surface area contributed by atoms with Crippen molar-refractivity contribution in [1.29, 1.82) is 0 Å². The molecule has 0 spiro atoms. The number of hydrogen-bond acceptors (Lipinski definition) is 6. The standard InChI is InChI=1S/C29H30F3N3O4/c1-19-15-25(20(2)21(3)28(19)37-14-4-12-35-13-11-33-26(35)16-36)38-17-24-18-39-27(34-24)10-7-22-5-8-23(9-6-22)29(30,31)32/h5-11,13,15,18,36H,4,12,14,16-17H2,1-3H3/b10-7+. The SMILES string of the molecule is Cc1cc(OCc2coc(/C=C/c3ccc(C(F)(F)F)cc3)n2)c(C)c(C)c1OCCCn1ccnc1CO. The number of benzene rings is 2. The summed E-state index contributed by atoms with van der Waals surface area (Å²) in [6.07, 6.45) is 4.62. The van der Waals surface area contributed by atoms with Crippen LogP contribution in [0.25, 0.3) is 12.2 Å². The number of oxazole rings is 1. The lowest BCUT2D eigenvalue weighted by molar-refractivity contribution is -0.137. The van der Waals surface area contributed by atoms with Crippen LogP contribution in [0.1, 0.15) is 51.6 Å². The van der Waals surface area contributed by atoms with Gasteiger partial charge >= 0.3 is 6.18 Å². The topological polar surface area (TPSA) is 82.5 Å². The Hall–Kier alpha value is -4.05. The third-order valence-electron chi connectivity index (χ3n) is 6.31. The number of rotatable bonds is 11. The fraction of sp³-hybridized carbons (Fsp3) is 0.310. The van der Waals surface area contributed by atoms with E-state index in [2.05, 4.69) is 9.97 Å². The first-order chi connectivity index (χ1) is 18.7. The van der Waals surface area contributed by atoms with Crippen molar-refractivity contribution in [3.05, 3.63) is 94.2 Å². The van der Waals surface area contributed by atoms with Gasteiger partial charge in [0.25, 0.3) is 0 Å². The summed E-state index contributed by atoms with van der Waals surface area (Å²) >= 11 is 0. The van der Waals surface area contributed by atoms with Crippen molar-refractivity contribution in [2.24, 2.45) is 0 Å². The summed E-state index contributed by atoms with van der Waals surface area (Å²) in [6, 6.07) is 6.78. The third kappa shape index (κ3) is 7.08. The Morgan fingerprint density at radius 1 is 1.05 bits per heavy atom. The molecule has 4 aromatic rings. The summed E-state index contributed by atoms with van der Waals surface area (Å²) in [6.45, 7) is 7.24. The lowest BCUT2D eigenvalue weighted by atomic mass is 10.0. The normalized spacial score (nSPS) is 11.9. The van der Waals surface area contributed by atoms with E-state index in [0.717, 1.165) is 41.0 Å². The van der Waals surface area contributed by atoms with Crippen molar-refractivity contribution < 1.29 is 32.2 Å². The van der Waals surface area contributed by atoms with Gasteiger partial charge in [0.15, 0.2) is 0 Å². The van der Waals surface area contributed by atoms with Gasteiger partial charge in [0.05, 0.1) is 12.2 Å². The molecule has 4 rings (SSSR count). The van der Waals surface area contributed by atoms with Crippen LogP contribution < -0.4 is 9.47 Å². The Kier molecular flexibility index (Phi) is 8.75. The van der Waals surface area contributed by atoms with E-state index in [1.165, 1.54) is 18.4 Å². The van der Waals surface area contributed by atoms with E-state index in [4.69, 9.17) is 13.9 Å². The maximum Gasteiger partial charge on any atom is 0.416 e. The zero-order valence-corrected chi connectivity index (χ0v) is 22.0. The smallest absolute Gasteiger partial charge is 0.416 e. The Labute approximate surface area is 224 Å². The summed E-state index contributed by atoms with van der Waals surface area (Å²) in [5.74, 6) is 2.50. The molecule has 0 radical (unpaired) electrons. The number of aromatic nitrogens is 3. The predicted molar refractivity (Wildman–Crippen MR) is 140 cm³/mol. The molecule has 10 heteroatoms. The highest BCUT2D eigenvalue weighted by atomic mass is 19.4. The van der Waals surface area contributed by atoms with Crippen molar-refractivity contribution in [3.8, 4) is 11.5 Å². The highest BCUT2D eigenvalue weighted by Gasteiger charge is 2.29. The lowest BCUT2D eigenvalue weighted by Gasteiger charge is -2.18. The fourth-order valence-electron chi connectivity index (χ4n) is 4.07. The summed E-state index contributed by atoms with van der Waals surface area (Å²) in [7, 11) is 0. The molecule has 206 valence electrons. The zero-order chi connectivity index (χ0) is 28.0. The van der Waals surface area contributed by atoms with Gasteiger partial charge < -0.3 is 23.6 Å². The van der Waals surface area contributed by atoms with E-state index < -0.39 is 11.7 Å². The zero-order valence-electron chi connectivity index (χ0n) is 22.0. The number of ether oxygens (including phenoxy) is 2. The lowest BCUT2D eigenvalue weighted by Crippen LogP contribution is -2.09. The van der Waals surface area contributed by atoms with Gasteiger partial charge in [0.2, 0.25) is 5.89 Å². The van der Waals surface area contributed by atoms with E-state index in [-0.39, 0.29) is 13.2 Å². The van der Waals surface area contributed by atoms with Crippen LogP contribution in [0.5, 0.6) is 11.5 Å². The molecule has 2 aromatic carbocycles. The van der Waals surface area contributed by atoms with Gasteiger partial charge in [0, 0.05) is 25.0 Å². The molecule has 0 aliphatic heterocycles. The molecular formula is C29H30F3N3O4. The minimum absolute atomic E-state index is 0.0954. The van der Waals surface area contributed by atoms with Crippen molar-refractivity contribution in [3.63, 3.8) is 0 Å². The quantitative estimate of drug-likeness (QED) is 0.218. The second-order valence-corrected chi connectivity index (χ2v) is 9.09. The molecule has 0 saturated carbocycles. The molecule has 0 atom stereocenters. The van der Waals surface area contributed by atoms with Crippen molar-refractivity contribution in [1.82, 2.24) is 14.5 Å². The number of aryl methyl sites for hydroxylation is 2. The van der Waals surface area contributed by atoms with Gasteiger partial charge in [0.1, 0.15) is 42.5 Å². The highest BCUT2D eigenvalue weighted by Crippen LogP contribution is 2.34. The van der Waals surface area contributed by atoms with Crippen molar-refractivity contribution in [2.75, 3.05) is 6.61 Å². The monoisotopic (exact) mass is 541 g/mol. The van der Waals surface area contributed by atoms with Crippen LogP contribution in [0.3, 0.4) is 0 Å². The van der Waals surface area contributed by atoms with Crippen molar-refractivity contribution in [2.45, 2.75) is 53.1 Å². The van der Waals surface area contributed by atoms with Crippen LogP contribution in [-0.2, 0) is 25.9 Å². The minimum atomic E-state index is -4.37. The first-order valence-corrected chi connectivity index (χ1v) is 12.4. The number of hydrogen-bond donors (Lipinski definition) is 1. The molecule has 7 nitrogen and oxygen atoms in total. The molecule has 0 aliphatic rings. The summed E-state index contributed by atoms with van der Waals surface area (Å²) in [4.78, 5) is 8.47. The van der Waals surface area contributed by atoms with Crippen LogP contribution in [-0.4, -0.2) is 26.2 Å². The molecular weight excluding hydrogens is 511 g/mol. The fourth-order valence-corrected chi connectivity index (χ4v) is 4.07. The number of aliphatic hydroxyl groups is 1. The minimum Gasteiger partial charge on any atom is -0.493 e. The van der Waals surface area contributed by atoms with Gasteiger partial charge in [-0.3, -0.25) is 0 Å². The van der Waals surface area contributed by atoms with Crippen molar-refractivity contribution >= 4 is 12.2 Å². The summed E-state index contributed by atoms with van der Waals surface area (Å²) in [5, 5.41) is 9.32. The Morgan fingerprint density at radius 3 is 2.54 bits per heavy atom. The van der Waals surface area contributed by atoms with E-state index in [9.17, 15) is 18.3 Å². The summed E-state index contributed by atoms with van der Waals surface area (Å²) in [5.41, 5.74) is 3.38. The molecule has 0 bridgehead atoms. The molecule has 1 N–H and O–H groups in total. The Balaban J connectivity index is 1.32. The van der Waals surface area contributed by atoms with E-state index in [0.29, 0.717) is 41.9 Å². The second-order valence-electron chi connectivity index (χ2n) is 9.09. The first kappa shape index (κ1) is 28.0. The molecule has 2 heterocycles. The van der Waals surface area contributed by atoms with Gasteiger partial charge in [-0.15, -0.1) is 0 Å². The number of halogens is 3. The van der Waals surface area contributed by atoms with Gasteiger partial charge in [-0.05, 0) is 73.7 Å².